The van der Waals surface area contributed by atoms with Gasteiger partial charge in [0, 0.05) is 32.2 Å². The second kappa shape index (κ2) is 5.80. The van der Waals surface area contributed by atoms with Crippen LogP contribution in [0.5, 0.6) is 0 Å². The summed E-state index contributed by atoms with van der Waals surface area (Å²) in [5.74, 6) is 0.144. The van der Waals surface area contributed by atoms with Gasteiger partial charge in [-0.15, -0.1) is 0 Å². The molecular formula is C12H24N4O. The highest BCUT2D eigenvalue weighted by Crippen LogP contribution is 2.23. The largest absolute Gasteiger partial charge is 0.327 e. The van der Waals surface area contributed by atoms with Crippen molar-refractivity contribution in [1.29, 1.82) is 0 Å². The van der Waals surface area contributed by atoms with Crippen molar-refractivity contribution in [1.82, 2.24) is 15.3 Å². The molecule has 1 amide bonds. The van der Waals surface area contributed by atoms with Gasteiger partial charge in [-0.2, -0.15) is 0 Å². The molecule has 2 fully saturated rings. The lowest BCUT2D eigenvalue weighted by Gasteiger charge is -2.35. The molecule has 5 nitrogen and oxygen atoms in total. The molecule has 17 heavy (non-hydrogen) atoms. The number of hydrogen-bond donors (Lipinski definition) is 2. The first-order chi connectivity index (χ1) is 8.16. The van der Waals surface area contributed by atoms with Gasteiger partial charge in [-0.05, 0) is 19.9 Å². The lowest BCUT2D eigenvalue weighted by Crippen LogP contribution is -2.55. The van der Waals surface area contributed by atoms with Crippen LogP contribution in [0.4, 0.5) is 0 Å². The molecule has 5 heteroatoms. The molecule has 1 heterocycles. The maximum absolute atomic E-state index is 12.1. The molecule has 2 unspecified atom stereocenters. The summed E-state index contributed by atoms with van der Waals surface area (Å²) < 4.78 is 0. The molecule has 2 atom stereocenters. The van der Waals surface area contributed by atoms with Gasteiger partial charge in [-0.1, -0.05) is 12.8 Å². The molecule has 98 valence electrons. The van der Waals surface area contributed by atoms with Crippen molar-refractivity contribution in [2.24, 2.45) is 11.7 Å². The average Bonchev–Trinajstić information content (AvgIpc) is 2.32. The molecule has 0 spiro atoms. The molecule has 0 aromatic heterocycles. The summed E-state index contributed by atoms with van der Waals surface area (Å²) in [7, 11) is 2.11. The van der Waals surface area contributed by atoms with Gasteiger partial charge in [-0.3, -0.25) is 10.2 Å². The Labute approximate surface area is 103 Å². The van der Waals surface area contributed by atoms with Crippen molar-refractivity contribution < 1.29 is 4.79 Å². The Balaban J connectivity index is 1.79. The number of piperazine rings is 1. The van der Waals surface area contributed by atoms with E-state index in [1.54, 1.807) is 0 Å². The lowest BCUT2D eigenvalue weighted by atomic mass is 9.84. The highest BCUT2D eigenvalue weighted by atomic mass is 16.2. The Hall–Kier alpha value is -0.650. The predicted octanol–water partition coefficient (Wildman–Crippen LogP) is -0.217. The van der Waals surface area contributed by atoms with E-state index < -0.39 is 0 Å². The van der Waals surface area contributed by atoms with Crippen molar-refractivity contribution in [3.8, 4) is 0 Å². The molecule has 2 aliphatic rings. The zero-order valence-corrected chi connectivity index (χ0v) is 10.7. The number of rotatable bonds is 2. The van der Waals surface area contributed by atoms with Crippen LogP contribution in [0.3, 0.4) is 0 Å². The quantitative estimate of drug-likeness (QED) is 0.701. The highest BCUT2D eigenvalue weighted by Gasteiger charge is 2.29. The molecule has 0 bridgehead atoms. The van der Waals surface area contributed by atoms with E-state index in [0.29, 0.717) is 0 Å². The topological polar surface area (TPSA) is 61.6 Å². The van der Waals surface area contributed by atoms with Crippen LogP contribution in [0.1, 0.15) is 25.7 Å². The minimum atomic E-state index is 0.0170. The monoisotopic (exact) mass is 240 g/mol. The molecule has 2 rings (SSSR count). The number of nitrogens with zero attached hydrogens (tertiary/aromatic N) is 2. The van der Waals surface area contributed by atoms with E-state index in [2.05, 4.69) is 17.4 Å². The van der Waals surface area contributed by atoms with Gasteiger partial charge >= 0.3 is 0 Å². The van der Waals surface area contributed by atoms with Crippen LogP contribution in [-0.2, 0) is 4.79 Å². The summed E-state index contributed by atoms with van der Waals surface area (Å²) in [6.07, 6.45) is 4.23. The first-order valence-electron chi connectivity index (χ1n) is 6.66. The van der Waals surface area contributed by atoms with Crippen LogP contribution >= 0.6 is 0 Å². The van der Waals surface area contributed by atoms with Gasteiger partial charge in [0.05, 0.1) is 5.92 Å². The van der Waals surface area contributed by atoms with Crippen LogP contribution in [0.15, 0.2) is 0 Å². The Morgan fingerprint density at radius 2 is 1.82 bits per heavy atom. The van der Waals surface area contributed by atoms with E-state index in [1.807, 2.05) is 5.01 Å². The summed E-state index contributed by atoms with van der Waals surface area (Å²) in [5.41, 5.74) is 9.05. The fourth-order valence-electron chi connectivity index (χ4n) is 2.64. The molecule has 1 aliphatic carbocycles. The Bertz CT molecular complexity index is 263. The fourth-order valence-corrected chi connectivity index (χ4v) is 2.64. The molecule has 0 aromatic rings. The zero-order valence-electron chi connectivity index (χ0n) is 10.7. The van der Waals surface area contributed by atoms with Crippen molar-refractivity contribution in [2.75, 3.05) is 33.2 Å². The van der Waals surface area contributed by atoms with Crippen LogP contribution in [-0.4, -0.2) is 55.1 Å². The van der Waals surface area contributed by atoms with Gasteiger partial charge < -0.3 is 10.6 Å². The third-order valence-electron chi connectivity index (χ3n) is 3.93. The Morgan fingerprint density at radius 3 is 2.47 bits per heavy atom. The van der Waals surface area contributed by atoms with E-state index in [9.17, 15) is 4.79 Å². The fraction of sp³-hybridized carbons (Fsp3) is 0.917. The Morgan fingerprint density at radius 1 is 1.18 bits per heavy atom. The second-order valence-electron chi connectivity index (χ2n) is 5.32. The van der Waals surface area contributed by atoms with E-state index in [0.717, 1.165) is 45.4 Å². The van der Waals surface area contributed by atoms with Gasteiger partial charge in [0.25, 0.3) is 0 Å². The third-order valence-corrected chi connectivity index (χ3v) is 3.93. The van der Waals surface area contributed by atoms with Gasteiger partial charge in [0.2, 0.25) is 5.91 Å². The summed E-state index contributed by atoms with van der Waals surface area (Å²) in [6.45, 7) is 3.84. The molecule has 0 aromatic carbocycles. The third kappa shape index (κ3) is 3.40. The van der Waals surface area contributed by atoms with Crippen LogP contribution in [0.25, 0.3) is 0 Å². The van der Waals surface area contributed by atoms with Crippen LogP contribution in [0.2, 0.25) is 0 Å². The molecule has 0 radical (unpaired) electrons. The number of amides is 1. The van der Waals surface area contributed by atoms with Gasteiger partial charge in [0.1, 0.15) is 0 Å². The van der Waals surface area contributed by atoms with Crippen molar-refractivity contribution in [3.63, 3.8) is 0 Å². The van der Waals surface area contributed by atoms with E-state index in [1.165, 1.54) is 6.42 Å². The molecule has 1 saturated carbocycles. The first kappa shape index (κ1) is 12.8. The first-order valence-corrected chi connectivity index (χ1v) is 6.66. The average molecular weight is 240 g/mol. The van der Waals surface area contributed by atoms with Crippen molar-refractivity contribution in [2.45, 2.75) is 31.7 Å². The van der Waals surface area contributed by atoms with Crippen LogP contribution in [0, 0.1) is 5.92 Å². The van der Waals surface area contributed by atoms with E-state index in [4.69, 9.17) is 5.73 Å². The molecular weight excluding hydrogens is 216 g/mol. The van der Waals surface area contributed by atoms with E-state index in [-0.39, 0.29) is 17.9 Å². The van der Waals surface area contributed by atoms with Gasteiger partial charge in [0.15, 0.2) is 0 Å². The normalized spacial score (nSPS) is 32.4. The van der Waals surface area contributed by atoms with Crippen molar-refractivity contribution >= 4 is 5.91 Å². The highest BCUT2D eigenvalue weighted by molar-refractivity contribution is 5.79. The second-order valence-corrected chi connectivity index (χ2v) is 5.32. The number of carbonyl (C=O) groups is 1. The summed E-state index contributed by atoms with van der Waals surface area (Å²) in [6, 6.07) is 0.0521. The molecule has 1 aliphatic heterocycles. The number of hydrazine groups is 1. The standard InChI is InChI=1S/C12H24N4O/c1-15-6-8-16(9-7-15)14-12(17)10-4-2-3-5-11(10)13/h10-11H,2-9,13H2,1H3,(H,14,17). The minimum absolute atomic E-state index is 0.0170. The zero-order chi connectivity index (χ0) is 12.3. The number of carbonyl (C=O) groups excluding carboxylic acids is 1. The minimum Gasteiger partial charge on any atom is -0.327 e. The molecule has 1 saturated heterocycles. The maximum atomic E-state index is 12.1. The van der Waals surface area contributed by atoms with Crippen molar-refractivity contribution in [3.05, 3.63) is 0 Å². The number of nitrogens with two attached hydrogens (primary N) is 1. The maximum Gasteiger partial charge on any atom is 0.238 e. The summed E-state index contributed by atoms with van der Waals surface area (Å²) >= 11 is 0. The smallest absolute Gasteiger partial charge is 0.238 e. The summed E-state index contributed by atoms with van der Waals surface area (Å²) in [4.78, 5) is 14.4. The Kier molecular flexibility index (Phi) is 4.36. The van der Waals surface area contributed by atoms with Crippen LogP contribution < -0.4 is 11.2 Å². The van der Waals surface area contributed by atoms with E-state index >= 15 is 0 Å². The number of hydrogen-bond acceptors (Lipinski definition) is 4. The van der Waals surface area contributed by atoms with Gasteiger partial charge in [-0.25, -0.2) is 5.01 Å². The SMILES string of the molecule is CN1CCN(NC(=O)C2CCCCC2N)CC1. The summed E-state index contributed by atoms with van der Waals surface area (Å²) in [5, 5.41) is 2.03. The number of likely N-dealkylation sites (N-methyl/N-ethyl adjacent to an activating group) is 1. The lowest BCUT2D eigenvalue weighted by molar-refractivity contribution is -0.132. The predicted molar refractivity (Wildman–Crippen MR) is 67.1 cm³/mol. The number of nitrogens with one attached hydrogen (secondary N) is 1. The molecule has 3 N–H and O–H groups in total.